The van der Waals surface area contributed by atoms with Gasteiger partial charge in [0.2, 0.25) is 0 Å². The summed E-state index contributed by atoms with van der Waals surface area (Å²) in [5, 5.41) is 11.8. The summed E-state index contributed by atoms with van der Waals surface area (Å²) >= 11 is 0. The number of hydrogen-bond acceptors (Lipinski definition) is 3. The van der Waals surface area contributed by atoms with Gasteiger partial charge in [-0.15, -0.1) is 0 Å². The standard InChI is InChI=1S/C16H24N2O3/c1-16(2,3)13(15(20)21)17-14(19)12-8-6-11(7-9-12)10-18(4)5/h6-9,13H,10H2,1-5H3,(H,17,19)(H,20,21)/t13-/m0/s1. The molecule has 21 heavy (non-hydrogen) atoms. The minimum absolute atomic E-state index is 0.367. The van der Waals surface area contributed by atoms with Crippen molar-refractivity contribution in [1.29, 1.82) is 0 Å². The molecule has 0 aromatic heterocycles. The summed E-state index contributed by atoms with van der Waals surface area (Å²) in [5.74, 6) is -1.39. The predicted octanol–water partition coefficient (Wildman–Crippen LogP) is 1.98. The molecule has 5 heteroatoms. The number of nitrogens with one attached hydrogen (secondary N) is 1. The summed E-state index contributed by atoms with van der Waals surface area (Å²) in [6.45, 7) is 6.15. The second-order valence-electron chi connectivity index (χ2n) is 6.55. The van der Waals surface area contributed by atoms with E-state index in [1.54, 1.807) is 32.9 Å². The molecular formula is C16H24N2O3. The highest BCUT2D eigenvalue weighted by atomic mass is 16.4. The van der Waals surface area contributed by atoms with Gasteiger partial charge >= 0.3 is 5.97 Å². The van der Waals surface area contributed by atoms with Crippen LogP contribution in [0.4, 0.5) is 0 Å². The summed E-state index contributed by atoms with van der Waals surface area (Å²) in [7, 11) is 3.95. The molecule has 0 aliphatic carbocycles. The summed E-state index contributed by atoms with van der Waals surface area (Å²) in [6.07, 6.45) is 0. The van der Waals surface area contributed by atoms with Crippen molar-refractivity contribution in [3.63, 3.8) is 0 Å². The maximum Gasteiger partial charge on any atom is 0.326 e. The first-order valence-electron chi connectivity index (χ1n) is 6.88. The van der Waals surface area contributed by atoms with Gasteiger partial charge in [-0.25, -0.2) is 4.79 Å². The molecule has 1 amide bonds. The fraction of sp³-hybridized carbons (Fsp3) is 0.500. The lowest BCUT2D eigenvalue weighted by Crippen LogP contribution is -2.49. The lowest BCUT2D eigenvalue weighted by molar-refractivity contribution is -0.142. The Hall–Kier alpha value is -1.88. The molecule has 0 heterocycles. The second-order valence-corrected chi connectivity index (χ2v) is 6.55. The third-order valence-electron chi connectivity index (χ3n) is 3.10. The Labute approximate surface area is 126 Å². The van der Waals surface area contributed by atoms with Crippen molar-refractivity contribution >= 4 is 11.9 Å². The Bertz CT molecular complexity index is 501. The topological polar surface area (TPSA) is 69.6 Å². The predicted molar refractivity (Wildman–Crippen MR) is 82.2 cm³/mol. The van der Waals surface area contributed by atoms with Crippen LogP contribution in [0.2, 0.25) is 0 Å². The van der Waals surface area contributed by atoms with Crippen LogP contribution in [0, 0.1) is 5.41 Å². The number of hydrogen-bond donors (Lipinski definition) is 2. The molecule has 5 nitrogen and oxygen atoms in total. The van der Waals surface area contributed by atoms with Gasteiger partial charge in [-0.2, -0.15) is 0 Å². The van der Waals surface area contributed by atoms with Gasteiger partial charge in [0.25, 0.3) is 5.91 Å². The molecule has 0 saturated carbocycles. The zero-order valence-corrected chi connectivity index (χ0v) is 13.3. The van der Waals surface area contributed by atoms with Crippen molar-refractivity contribution < 1.29 is 14.7 Å². The van der Waals surface area contributed by atoms with Gasteiger partial charge in [0, 0.05) is 12.1 Å². The fourth-order valence-electron chi connectivity index (χ4n) is 1.99. The normalized spacial score (nSPS) is 13.0. The van der Waals surface area contributed by atoms with Crippen LogP contribution in [0.1, 0.15) is 36.7 Å². The quantitative estimate of drug-likeness (QED) is 0.870. The summed E-state index contributed by atoms with van der Waals surface area (Å²) in [5.41, 5.74) is 1.02. The maximum atomic E-state index is 12.2. The number of benzene rings is 1. The first kappa shape index (κ1) is 17.2. The Kier molecular flexibility index (Phi) is 5.49. The molecule has 0 aliphatic heterocycles. The molecule has 0 radical (unpaired) electrons. The number of rotatable bonds is 5. The van der Waals surface area contributed by atoms with Gasteiger partial charge < -0.3 is 15.3 Å². The van der Waals surface area contributed by atoms with E-state index in [-0.39, 0.29) is 5.91 Å². The molecule has 0 fully saturated rings. The second kappa shape index (κ2) is 6.72. The molecule has 0 saturated heterocycles. The number of nitrogens with zero attached hydrogens (tertiary/aromatic N) is 1. The number of carboxylic acids is 1. The lowest BCUT2D eigenvalue weighted by Gasteiger charge is -2.27. The average molecular weight is 292 g/mol. The summed E-state index contributed by atoms with van der Waals surface area (Å²) in [6, 6.07) is 6.26. The van der Waals surface area contributed by atoms with Crippen LogP contribution in [0.3, 0.4) is 0 Å². The Balaban J connectivity index is 2.81. The van der Waals surface area contributed by atoms with Crippen LogP contribution in [-0.2, 0) is 11.3 Å². The van der Waals surface area contributed by atoms with Crippen molar-refractivity contribution in [3.8, 4) is 0 Å². The van der Waals surface area contributed by atoms with E-state index in [4.69, 9.17) is 0 Å². The van der Waals surface area contributed by atoms with Crippen molar-refractivity contribution in [2.75, 3.05) is 14.1 Å². The SMILES string of the molecule is CN(C)Cc1ccc(C(=O)N[C@@H](C(=O)O)C(C)(C)C)cc1. The smallest absolute Gasteiger partial charge is 0.326 e. The Morgan fingerprint density at radius 1 is 1.19 bits per heavy atom. The van der Waals surface area contributed by atoms with Gasteiger partial charge in [0.1, 0.15) is 6.04 Å². The monoisotopic (exact) mass is 292 g/mol. The van der Waals surface area contributed by atoms with Gasteiger partial charge in [0.05, 0.1) is 0 Å². The highest BCUT2D eigenvalue weighted by molar-refractivity contribution is 5.96. The maximum absolute atomic E-state index is 12.2. The van der Waals surface area contributed by atoms with Crippen molar-refractivity contribution in [1.82, 2.24) is 10.2 Å². The number of carboxylic acid groups (broad SMARTS) is 1. The van der Waals surface area contributed by atoms with E-state index in [0.29, 0.717) is 5.56 Å². The van der Waals surface area contributed by atoms with E-state index in [0.717, 1.165) is 12.1 Å². The first-order chi connectivity index (χ1) is 9.61. The number of aliphatic carboxylic acids is 1. The largest absolute Gasteiger partial charge is 0.480 e. The molecule has 1 aromatic carbocycles. The van der Waals surface area contributed by atoms with Gasteiger partial charge in [0.15, 0.2) is 0 Å². The van der Waals surface area contributed by atoms with Crippen LogP contribution in [-0.4, -0.2) is 42.0 Å². The summed E-state index contributed by atoms with van der Waals surface area (Å²) in [4.78, 5) is 25.5. The molecule has 2 N–H and O–H groups in total. The van der Waals surface area contributed by atoms with Crippen LogP contribution in [0.15, 0.2) is 24.3 Å². The zero-order chi connectivity index (χ0) is 16.2. The highest BCUT2D eigenvalue weighted by Crippen LogP contribution is 2.20. The van der Waals surface area contributed by atoms with Crippen LogP contribution in [0.25, 0.3) is 0 Å². The number of carbonyl (C=O) groups is 2. The molecule has 0 aliphatic rings. The van der Waals surface area contributed by atoms with Crippen molar-refractivity contribution in [2.24, 2.45) is 5.41 Å². The van der Waals surface area contributed by atoms with Crippen LogP contribution < -0.4 is 5.32 Å². The molecule has 0 bridgehead atoms. The fourth-order valence-corrected chi connectivity index (χ4v) is 1.99. The van der Waals surface area contributed by atoms with Gasteiger partial charge in [-0.05, 0) is 37.2 Å². The molecule has 116 valence electrons. The first-order valence-corrected chi connectivity index (χ1v) is 6.88. The molecule has 1 atom stereocenters. The van der Waals surface area contributed by atoms with E-state index in [2.05, 4.69) is 5.32 Å². The lowest BCUT2D eigenvalue weighted by atomic mass is 9.86. The zero-order valence-electron chi connectivity index (χ0n) is 13.3. The Morgan fingerprint density at radius 3 is 2.10 bits per heavy atom. The van der Waals surface area contributed by atoms with E-state index in [1.807, 2.05) is 31.1 Å². The third kappa shape index (κ3) is 5.19. The minimum Gasteiger partial charge on any atom is -0.480 e. The molecule has 1 rings (SSSR count). The molecular weight excluding hydrogens is 268 g/mol. The van der Waals surface area contributed by atoms with Gasteiger partial charge in [-0.1, -0.05) is 32.9 Å². The molecule has 1 aromatic rings. The van der Waals surface area contributed by atoms with Crippen molar-refractivity contribution in [3.05, 3.63) is 35.4 Å². The highest BCUT2D eigenvalue weighted by Gasteiger charge is 2.32. The minimum atomic E-state index is -1.03. The number of amides is 1. The van der Waals surface area contributed by atoms with Crippen LogP contribution in [0.5, 0.6) is 0 Å². The third-order valence-corrected chi connectivity index (χ3v) is 3.10. The van der Waals surface area contributed by atoms with E-state index in [9.17, 15) is 14.7 Å². The Morgan fingerprint density at radius 2 is 1.71 bits per heavy atom. The average Bonchev–Trinajstić information content (AvgIpc) is 2.34. The van der Waals surface area contributed by atoms with E-state index in [1.165, 1.54) is 0 Å². The van der Waals surface area contributed by atoms with Gasteiger partial charge in [-0.3, -0.25) is 4.79 Å². The molecule has 0 unspecified atom stereocenters. The van der Waals surface area contributed by atoms with E-state index >= 15 is 0 Å². The van der Waals surface area contributed by atoms with E-state index < -0.39 is 17.4 Å². The summed E-state index contributed by atoms with van der Waals surface area (Å²) < 4.78 is 0. The molecule has 0 spiro atoms. The number of carbonyl (C=O) groups excluding carboxylic acids is 1. The van der Waals surface area contributed by atoms with Crippen LogP contribution >= 0.6 is 0 Å². The van der Waals surface area contributed by atoms with Crippen molar-refractivity contribution in [2.45, 2.75) is 33.4 Å².